The molecular formula is C19H20N4O. The second-order valence-corrected chi connectivity index (χ2v) is 6.36. The number of hydrogen-bond donors (Lipinski definition) is 0. The van der Waals surface area contributed by atoms with Crippen LogP contribution < -0.4 is 0 Å². The summed E-state index contributed by atoms with van der Waals surface area (Å²) in [6.45, 7) is 0.816. The first kappa shape index (κ1) is 14.9. The molecule has 0 N–H and O–H groups in total. The van der Waals surface area contributed by atoms with E-state index in [1.807, 2.05) is 54.7 Å². The Morgan fingerprint density at radius 1 is 1.29 bits per heavy atom. The highest BCUT2D eigenvalue weighted by Gasteiger charge is 2.30. The van der Waals surface area contributed by atoms with Crippen molar-refractivity contribution < 1.29 is 4.79 Å². The summed E-state index contributed by atoms with van der Waals surface area (Å²) in [5.74, 6) is 0.166. The molecule has 2 aromatic heterocycles. The number of carbonyl (C=O) groups is 1. The van der Waals surface area contributed by atoms with Gasteiger partial charge in [-0.1, -0.05) is 24.3 Å². The van der Waals surface area contributed by atoms with Crippen LogP contribution in [-0.2, 0) is 18.3 Å². The molecule has 1 saturated heterocycles. The van der Waals surface area contributed by atoms with E-state index >= 15 is 0 Å². The minimum absolute atomic E-state index is 0.147. The third kappa shape index (κ3) is 2.66. The van der Waals surface area contributed by atoms with E-state index in [0.717, 1.165) is 41.4 Å². The van der Waals surface area contributed by atoms with E-state index in [-0.39, 0.29) is 11.9 Å². The predicted molar refractivity (Wildman–Crippen MR) is 92.3 cm³/mol. The van der Waals surface area contributed by atoms with Gasteiger partial charge in [0.2, 0.25) is 5.91 Å². The van der Waals surface area contributed by atoms with Gasteiger partial charge in [-0.15, -0.1) is 0 Å². The maximum absolute atomic E-state index is 12.9. The van der Waals surface area contributed by atoms with E-state index in [2.05, 4.69) is 10.1 Å². The zero-order valence-corrected chi connectivity index (χ0v) is 13.7. The van der Waals surface area contributed by atoms with E-state index in [0.29, 0.717) is 6.42 Å². The van der Waals surface area contributed by atoms with Gasteiger partial charge in [0, 0.05) is 36.9 Å². The first-order chi connectivity index (χ1) is 11.7. The number of amides is 1. The molecule has 1 aliphatic heterocycles. The number of benzene rings is 1. The molecule has 3 aromatic rings. The number of pyridine rings is 1. The molecule has 3 heterocycles. The normalized spacial score (nSPS) is 17.5. The van der Waals surface area contributed by atoms with Crippen LogP contribution in [0.5, 0.6) is 0 Å². The molecule has 0 bridgehead atoms. The first-order valence-corrected chi connectivity index (χ1v) is 8.33. The van der Waals surface area contributed by atoms with Gasteiger partial charge < -0.3 is 4.90 Å². The number of rotatable bonds is 3. The number of para-hydroxylation sites is 1. The number of likely N-dealkylation sites (tertiary alicyclic amines) is 1. The maximum Gasteiger partial charge on any atom is 0.227 e. The van der Waals surface area contributed by atoms with Gasteiger partial charge in [-0.2, -0.15) is 5.10 Å². The molecule has 1 aromatic carbocycles. The van der Waals surface area contributed by atoms with Crippen LogP contribution in [0.2, 0.25) is 0 Å². The number of hydrogen-bond acceptors (Lipinski definition) is 3. The van der Waals surface area contributed by atoms with Crippen molar-refractivity contribution in [3.63, 3.8) is 0 Å². The average Bonchev–Trinajstić information content (AvgIpc) is 3.24. The largest absolute Gasteiger partial charge is 0.335 e. The monoisotopic (exact) mass is 320 g/mol. The Hall–Kier alpha value is -2.69. The Kier molecular flexibility index (Phi) is 3.76. The summed E-state index contributed by atoms with van der Waals surface area (Å²) in [6.07, 6.45) is 8.10. The molecular weight excluding hydrogens is 300 g/mol. The fraction of sp³-hybridized carbons (Fsp3) is 0.316. The van der Waals surface area contributed by atoms with Crippen molar-refractivity contribution in [1.82, 2.24) is 19.7 Å². The highest BCUT2D eigenvalue weighted by Crippen LogP contribution is 2.32. The highest BCUT2D eigenvalue weighted by molar-refractivity contribution is 5.87. The second kappa shape index (κ2) is 6.07. The molecule has 5 nitrogen and oxygen atoms in total. The van der Waals surface area contributed by atoms with Crippen LogP contribution >= 0.6 is 0 Å². The quantitative estimate of drug-likeness (QED) is 0.745. The lowest BCUT2D eigenvalue weighted by atomic mass is 10.0. The Morgan fingerprint density at radius 3 is 3.00 bits per heavy atom. The van der Waals surface area contributed by atoms with Crippen molar-refractivity contribution in [1.29, 1.82) is 0 Å². The van der Waals surface area contributed by atoms with Crippen LogP contribution in [0.4, 0.5) is 0 Å². The third-order valence-electron chi connectivity index (χ3n) is 4.74. The topological polar surface area (TPSA) is 51.0 Å². The fourth-order valence-corrected chi connectivity index (χ4v) is 3.60. The van der Waals surface area contributed by atoms with Crippen LogP contribution in [0.15, 0.2) is 48.9 Å². The van der Waals surface area contributed by atoms with Gasteiger partial charge in [0.15, 0.2) is 0 Å². The summed E-state index contributed by atoms with van der Waals surface area (Å²) < 4.78 is 1.80. The number of aryl methyl sites for hydroxylation is 1. The molecule has 0 spiro atoms. The molecule has 4 rings (SSSR count). The van der Waals surface area contributed by atoms with Crippen molar-refractivity contribution in [3.8, 4) is 0 Å². The molecule has 122 valence electrons. The van der Waals surface area contributed by atoms with Gasteiger partial charge in [0.05, 0.1) is 24.2 Å². The second-order valence-electron chi connectivity index (χ2n) is 6.36. The van der Waals surface area contributed by atoms with E-state index in [9.17, 15) is 4.79 Å². The van der Waals surface area contributed by atoms with Gasteiger partial charge in [0.1, 0.15) is 0 Å². The Labute approximate surface area is 140 Å². The van der Waals surface area contributed by atoms with Gasteiger partial charge in [-0.05, 0) is 24.5 Å². The molecule has 24 heavy (non-hydrogen) atoms. The van der Waals surface area contributed by atoms with Crippen molar-refractivity contribution in [3.05, 3.63) is 60.0 Å². The Bertz CT molecular complexity index is 880. The van der Waals surface area contributed by atoms with Crippen LogP contribution in [0.1, 0.15) is 30.0 Å². The molecule has 1 atom stereocenters. The Balaban J connectivity index is 1.59. The van der Waals surface area contributed by atoms with Crippen LogP contribution in [0, 0.1) is 0 Å². The summed E-state index contributed by atoms with van der Waals surface area (Å²) in [5, 5.41) is 5.33. The number of fused-ring (bicyclic) bond motifs is 1. The lowest BCUT2D eigenvalue weighted by molar-refractivity contribution is -0.131. The van der Waals surface area contributed by atoms with Gasteiger partial charge in [-0.25, -0.2) is 0 Å². The smallest absolute Gasteiger partial charge is 0.227 e. The summed E-state index contributed by atoms with van der Waals surface area (Å²) in [7, 11) is 1.91. The summed E-state index contributed by atoms with van der Waals surface area (Å²) in [5.41, 5.74) is 3.04. The van der Waals surface area contributed by atoms with E-state index in [1.165, 1.54) is 0 Å². The van der Waals surface area contributed by atoms with Crippen LogP contribution in [-0.4, -0.2) is 32.1 Å². The highest BCUT2D eigenvalue weighted by atomic mass is 16.2. The van der Waals surface area contributed by atoms with E-state index in [1.54, 1.807) is 10.9 Å². The van der Waals surface area contributed by atoms with Gasteiger partial charge >= 0.3 is 0 Å². The van der Waals surface area contributed by atoms with Crippen molar-refractivity contribution in [2.75, 3.05) is 6.54 Å². The van der Waals surface area contributed by atoms with Gasteiger partial charge in [0.25, 0.3) is 0 Å². The number of nitrogens with zero attached hydrogens (tertiary/aromatic N) is 4. The maximum atomic E-state index is 12.9. The minimum Gasteiger partial charge on any atom is -0.335 e. The summed E-state index contributed by atoms with van der Waals surface area (Å²) in [6, 6.07) is 10.1. The van der Waals surface area contributed by atoms with Crippen molar-refractivity contribution in [2.24, 2.45) is 7.05 Å². The van der Waals surface area contributed by atoms with Crippen molar-refractivity contribution >= 4 is 16.8 Å². The summed E-state index contributed by atoms with van der Waals surface area (Å²) >= 11 is 0. The average molecular weight is 320 g/mol. The lowest BCUT2D eigenvalue weighted by Crippen LogP contribution is -2.31. The van der Waals surface area contributed by atoms with E-state index < -0.39 is 0 Å². The molecule has 1 amide bonds. The fourth-order valence-electron chi connectivity index (χ4n) is 3.60. The number of carbonyl (C=O) groups excluding carboxylic acids is 1. The summed E-state index contributed by atoms with van der Waals surface area (Å²) in [4.78, 5) is 19.4. The molecule has 1 fully saturated rings. The number of aromatic nitrogens is 3. The molecule has 0 aliphatic carbocycles. The molecule has 0 radical (unpaired) electrons. The van der Waals surface area contributed by atoms with Gasteiger partial charge in [-0.3, -0.25) is 14.5 Å². The minimum atomic E-state index is 0.147. The molecule has 1 aliphatic rings. The van der Waals surface area contributed by atoms with Crippen molar-refractivity contribution in [2.45, 2.75) is 25.3 Å². The molecule has 5 heteroatoms. The lowest BCUT2D eigenvalue weighted by Gasteiger charge is -2.24. The zero-order chi connectivity index (χ0) is 16.5. The van der Waals surface area contributed by atoms with Crippen LogP contribution in [0.3, 0.4) is 0 Å². The zero-order valence-electron chi connectivity index (χ0n) is 13.7. The Morgan fingerprint density at radius 2 is 2.17 bits per heavy atom. The first-order valence-electron chi connectivity index (χ1n) is 8.33. The SMILES string of the molecule is Cn1cc(C2CCCN2C(=O)Cc2cccc3cccnc23)cn1. The molecule has 0 saturated carbocycles. The third-order valence-corrected chi connectivity index (χ3v) is 4.74. The predicted octanol–water partition coefficient (Wildman–Crippen LogP) is 2.87. The standard InChI is InChI=1S/C19H20N4O/c1-22-13-16(12-21-22)17-8-4-10-23(17)18(24)11-15-6-2-5-14-7-3-9-20-19(14)15/h2-3,5-7,9,12-13,17H,4,8,10-11H2,1H3. The molecule has 1 unspecified atom stereocenters. The van der Waals surface area contributed by atoms with Crippen LogP contribution in [0.25, 0.3) is 10.9 Å². The van der Waals surface area contributed by atoms with E-state index in [4.69, 9.17) is 0 Å².